The Morgan fingerprint density at radius 1 is 0.408 bits per heavy atom. The van der Waals surface area contributed by atoms with E-state index in [1.807, 2.05) is 12.1 Å². The van der Waals surface area contributed by atoms with Gasteiger partial charge in [-0.3, -0.25) is 0 Å². The van der Waals surface area contributed by atoms with Crippen LogP contribution in [0.25, 0.3) is 88.1 Å². The van der Waals surface area contributed by atoms with Gasteiger partial charge in [-0.2, -0.15) is 0 Å². The fraction of sp³-hybridized carbons (Fsp3) is 0.0870. The quantitative estimate of drug-likeness (QED) is 0.190. The molecule has 0 amide bonds. The lowest BCUT2D eigenvalue weighted by Gasteiger charge is -2.19. The van der Waals surface area contributed by atoms with Crippen LogP contribution >= 0.6 is 0 Å². The molecule has 0 aliphatic heterocycles. The van der Waals surface area contributed by atoms with Gasteiger partial charge in [0.2, 0.25) is 0 Å². The Kier molecular flexibility index (Phi) is 5.84. The molecule has 0 fully saturated rings. The van der Waals surface area contributed by atoms with Crippen LogP contribution in [0.3, 0.4) is 0 Å². The van der Waals surface area contributed by atoms with E-state index in [2.05, 4.69) is 169 Å². The Morgan fingerprint density at radius 2 is 0.898 bits per heavy atom. The van der Waals surface area contributed by atoms with Gasteiger partial charge in [0.15, 0.2) is 0 Å². The van der Waals surface area contributed by atoms with Crippen LogP contribution in [0.5, 0.6) is 0 Å². The van der Waals surface area contributed by atoms with E-state index in [-0.39, 0.29) is 5.41 Å². The maximum Gasteiger partial charge on any atom is 0.137 e. The molecule has 0 aliphatic carbocycles. The molecule has 0 N–H and O–H groups in total. The van der Waals surface area contributed by atoms with Gasteiger partial charge in [0.1, 0.15) is 11.2 Å². The van der Waals surface area contributed by atoms with Crippen LogP contribution in [0.4, 0.5) is 0 Å². The number of benzene rings is 7. The fourth-order valence-electron chi connectivity index (χ4n) is 8.01. The molecule has 0 atom stereocenters. The minimum Gasteiger partial charge on any atom is -0.456 e. The Balaban J connectivity index is 1.24. The zero-order chi connectivity index (χ0) is 32.9. The number of hydrogen-bond acceptors (Lipinski definition) is 1. The minimum atomic E-state index is 0.0994. The highest BCUT2D eigenvalue weighted by atomic mass is 16.3. The first-order chi connectivity index (χ1) is 24.0. The van der Waals surface area contributed by atoms with E-state index in [4.69, 9.17) is 4.42 Å². The van der Waals surface area contributed by atoms with Crippen LogP contribution in [-0.4, -0.2) is 9.13 Å². The van der Waals surface area contributed by atoms with E-state index in [0.29, 0.717) is 0 Å². The molecule has 0 saturated heterocycles. The molecule has 3 nitrogen and oxygen atoms in total. The topological polar surface area (TPSA) is 23.0 Å². The zero-order valence-corrected chi connectivity index (χ0v) is 27.7. The molecule has 0 bridgehead atoms. The summed E-state index contributed by atoms with van der Waals surface area (Å²) in [4.78, 5) is 0. The largest absolute Gasteiger partial charge is 0.456 e. The molecule has 234 valence electrons. The Hall–Kier alpha value is -6.06. The number of aromatic nitrogens is 2. The summed E-state index contributed by atoms with van der Waals surface area (Å²) in [7, 11) is 0. The third kappa shape index (κ3) is 4.09. The highest BCUT2D eigenvalue weighted by Gasteiger charge is 2.21. The van der Waals surface area contributed by atoms with E-state index >= 15 is 0 Å². The first-order valence-electron chi connectivity index (χ1n) is 17.0. The van der Waals surface area contributed by atoms with Gasteiger partial charge in [0.25, 0.3) is 0 Å². The van der Waals surface area contributed by atoms with Crippen molar-refractivity contribution in [2.45, 2.75) is 26.2 Å². The molecule has 10 rings (SSSR count). The number of hydrogen-bond donors (Lipinski definition) is 0. The average molecular weight is 631 g/mol. The van der Waals surface area contributed by atoms with Gasteiger partial charge in [-0.1, -0.05) is 112 Å². The molecule has 0 spiro atoms. The zero-order valence-electron chi connectivity index (χ0n) is 27.7. The van der Waals surface area contributed by atoms with Crippen LogP contribution in [0.15, 0.2) is 156 Å². The van der Waals surface area contributed by atoms with Crippen molar-refractivity contribution in [3.05, 3.63) is 157 Å². The fourth-order valence-corrected chi connectivity index (χ4v) is 8.01. The molecule has 3 aromatic heterocycles. The third-order valence-corrected chi connectivity index (χ3v) is 10.3. The maximum absolute atomic E-state index is 6.34. The highest BCUT2D eigenvalue weighted by molar-refractivity contribution is 6.22. The summed E-state index contributed by atoms with van der Waals surface area (Å²) in [6, 6.07) is 55.1. The van der Waals surface area contributed by atoms with Crippen LogP contribution < -0.4 is 0 Å². The van der Waals surface area contributed by atoms with E-state index in [1.54, 1.807) is 0 Å². The van der Waals surface area contributed by atoms with E-state index < -0.39 is 0 Å². The lowest BCUT2D eigenvalue weighted by molar-refractivity contribution is 0.590. The minimum absolute atomic E-state index is 0.0994. The standard InChI is InChI=1S/C46H34N2O/c1-46(2,3)29-22-24-30(25-23-29)47-38-17-7-4-13-36(38)44-34(15-10-19-40(44)47)35-16-11-20-41-45(35)37-14-5-8-18-39(37)48(41)31-26-27-33-32-12-6-9-21-42(32)49-43(33)28-31/h4-28H,1-3H3. The second kappa shape index (κ2) is 10.2. The van der Waals surface area contributed by atoms with Gasteiger partial charge >= 0.3 is 0 Å². The Labute approximate surface area is 284 Å². The first kappa shape index (κ1) is 28.0. The summed E-state index contributed by atoms with van der Waals surface area (Å²) in [6.45, 7) is 6.80. The lowest BCUT2D eigenvalue weighted by atomic mass is 9.87. The average Bonchev–Trinajstić information content (AvgIpc) is 3.78. The van der Waals surface area contributed by atoms with Gasteiger partial charge < -0.3 is 13.6 Å². The molecular formula is C46H34N2O. The van der Waals surface area contributed by atoms with Crippen LogP contribution in [0, 0.1) is 0 Å². The molecule has 0 aliphatic rings. The number of fused-ring (bicyclic) bond motifs is 9. The van der Waals surface area contributed by atoms with E-state index in [1.165, 1.54) is 66.0 Å². The number of furan rings is 1. The third-order valence-electron chi connectivity index (χ3n) is 10.3. The second-order valence-electron chi connectivity index (χ2n) is 14.2. The summed E-state index contributed by atoms with van der Waals surface area (Å²) in [5.74, 6) is 0. The predicted octanol–water partition coefficient (Wildman–Crippen LogP) is 12.7. The predicted molar refractivity (Wildman–Crippen MR) is 207 cm³/mol. The first-order valence-corrected chi connectivity index (χ1v) is 17.0. The summed E-state index contributed by atoms with van der Waals surface area (Å²) in [5.41, 5.74) is 12.7. The van der Waals surface area contributed by atoms with Crippen LogP contribution in [0.1, 0.15) is 26.3 Å². The van der Waals surface area contributed by atoms with Gasteiger partial charge in [0.05, 0.1) is 22.1 Å². The second-order valence-corrected chi connectivity index (χ2v) is 14.2. The van der Waals surface area contributed by atoms with Crippen molar-refractivity contribution in [2.24, 2.45) is 0 Å². The smallest absolute Gasteiger partial charge is 0.137 e. The summed E-state index contributed by atoms with van der Waals surface area (Å²) in [5, 5.41) is 7.29. The highest BCUT2D eigenvalue weighted by Crippen LogP contribution is 2.44. The molecule has 0 saturated carbocycles. The molecule has 49 heavy (non-hydrogen) atoms. The Morgan fingerprint density at radius 3 is 1.51 bits per heavy atom. The number of rotatable bonds is 3. The molecule has 10 aromatic rings. The van der Waals surface area contributed by atoms with Gasteiger partial charge in [-0.25, -0.2) is 0 Å². The summed E-state index contributed by atoms with van der Waals surface area (Å²) >= 11 is 0. The molecular weight excluding hydrogens is 597 g/mol. The molecule has 0 unspecified atom stereocenters. The maximum atomic E-state index is 6.34. The van der Waals surface area contributed by atoms with Crippen molar-refractivity contribution in [1.29, 1.82) is 0 Å². The monoisotopic (exact) mass is 630 g/mol. The van der Waals surface area contributed by atoms with Crippen LogP contribution in [-0.2, 0) is 5.41 Å². The lowest BCUT2D eigenvalue weighted by Crippen LogP contribution is -2.10. The van der Waals surface area contributed by atoms with Crippen molar-refractivity contribution in [1.82, 2.24) is 9.13 Å². The summed E-state index contributed by atoms with van der Waals surface area (Å²) < 4.78 is 11.2. The van der Waals surface area contributed by atoms with E-state index in [9.17, 15) is 0 Å². The molecule has 3 heteroatoms. The van der Waals surface area contributed by atoms with E-state index in [0.717, 1.165) is 27.6 Å². The molecule has 0 radical (unpaired) electrons. The van der Waals surface area contributed by atoms with Gasteiger partial charge in [-0.15, -0.1) is 0 Å². The van der Waals surface area contributed by atoms with Crippen molar-refractivity contribution in [3.63, 3.8) is 0 Å². The number of para-hydroxylation sites is 3. The summed E-state index contributed by atoms with van der Waals surface area (Å²) in [6.07, 6.45) is 0. The van der Waals surface area contributed by atoms with Gasteiger partial charge in [-0.05, 0) is 76.7 Å². The van der Waals surface area contributed by atoms with Crippen molar-refractivity contribution < 1.29 is 4.42 Å². The Bertz CT molecular complexity index is 2910. The molecule has 7 aromatic carbocycles. The normalized spacial score (nSPS) is 12.4. The van der Waals surface area contributed by atoms with Crippen molar-refractivity contribution >= 4 is 65.6 Å². The van der Waals surface area contributed by atoms with Crippen molar-refractivity contribution in [2.75, 3.05) is 0 Å². The SMILES string of the molecule is CC(C)(C)c1ccc(-n2c3ccccc3c3c(-c4cccc5c4c4ccccc4n5-c4ccc5c(c4)oc4ccccc45)cccc32)cc1. The van der Waals surface area contributed by atoms with Crippen LogP contribution in [0.2, 0.25) is 0 Å². The molecule has 3 heterocycles. The van der Waals surface area contributed by atoms with Crippen molar-refractivity contribution in [3.8, 4) is 22.5 Å². The number of nitrogens with zero attached hydrogens (tertiary/aromatic N) is 2. The van der Waals surface area contributed by atoms with Gasteiger partial charge in [0, 0.05) is 49.8 Å².